The maximum Gasteiger partial charge on any atom is 0.308 e. The second-order valence-corrected chi connectivity index (χ2v) is 5.89. The average molecular weight is 293 g/mol. The molecule has 5 nitrogen and oxygen atoms in total. The lowest BCUT2D eigenvalue weighted by atomic mass is 10.1. The van der Waals surface area contributed by atoms with Gasteiger partial charge >= 0.3 is 5.97 Å². The molecule has 116 valence electrons. The number of carbonyl (C=O) groups excluding carboxylic acids is 2. The van der Waals surface area contributed by atoms with Crippen molar-refractivity contribution in [2.45, 2.75) is 45.8 Å². The number of nitrogens with one attached hydrogen (secondary N) is 1. The molecule has 0 bridgehead atoms. The van der Waals surface area contributed by atoms with Gasteiger partial charge in [0.15, 0.2) is 0 Å². The van der Waals surface area contributed by atoms with Crippen LogP contribution >= 0.6 is 0 Å². The Bertz CT molecular complexity index is 486. The number of carbonyl (C=O) groups is 2. The molecule has 1 rings (SSSR count). The van der Waals surface area contributed by atoms with Crippen LogP contribution in [0.25, 0.3) is 0 Å². The summed E-state index contributed by atoms with van der Waals surface area (Å²) in [5, 5.41) is 12.1. The quantitative estimate of drug-likeness (QED) is 0.816. The first-order valence-electron chi connectivity index (χ1n) is 6.97. The molecule has 0 aromatic heterocycles. The first-order valence-corrected chi connectivity index (χ1v) is 6.97. The van der Waals surface area contributed by atoms with Crippen molar-refractivity contribution < 1.29 is 19.4 Å². The molecule has 0 spiro atoms. The summed E-state index contributed by atoms with van der Waals surface area (Å²) in [6.45, 7) is 7.29. The highest BCUT2D eigenvalue weighted by Gasteiger charge is 2.16. The summed E-state index contributed by atoms with van der Waals surface area (Å²) >= 11 is 0. The fourth-order valence-electron chi connectivity index (χ4n) is 1.69. The predicted molar refractivity (Wildman–Crippen MR) is 79.9 cm³/mol. The SMILES string of the molecule is CC(O)c1ccc(C(=O)NCCC(=O)OC(C)(C)C)cc1. The molecule has 0 heterocycles. The maximum atomic E-state index is 11.9. The van der Waals surface area contributed by atoms with Gasteiger partial charge in [0, 0.05) is 12.1 Å². The zero-order valence-corrected chi connectivity index (χ0v) is 13.0. The van der Waals surface area contributed by atoms with Crippen molar-refractivity contribution in [3.63, 3.8) is 0 Å². The van der Waals surface area contributed by atoms with Gasteiger partial charge in [-0.15, -0.1) is 0 Å². The highest BCUT2D eigenvalue weighted by atomic mass is 16.6. The van der Waals surface area contributed by atoms with Crippen LogP contribution < -0.4 is 5.32 Å². The fraction of sp³-hybridized carbons (Fsp3) is 0.500. The van der Waals surface area contributed by atoms with Gasteiger partial charge in [0.2, 0.25) is 0 Å². The average Bonchev–Trinajstić information content (AvgIpc) is 2.36. The van der Waals surface area contributed by atoms with Crippen LogP contribution in [0.1, 0.15) is 56.1 Å². The van der Waals surface area contributed by atoms with Crippen molar-refractivity contribution in [2.75, 3.05) is 6.54 Å². The summed E-state index contributed by atoms with van der Waals surface area (Å²) in [4.78, 5) is 23.4. The number of esters is 1. The lowest BCUT2D eigenvalue weighted by molar-refractivity contribution is -0.154. The van der Waals surface area contributed by atoms with Gasteiger partial charge < -0.3 is 15.2 Å². The van der Waals surface area contributed by atoms with Gasteiger partial charge in [-0.3, -0.25) is 9.59 Å². The van der Waals surface area contributed by atoms with E-state index in [4.69, 9.17) is 4.74 Å². The Hall–Kier alpha value is -1.88. The summed E-state index contributed by atoms with van der Waals surface area (Å²) in [5.41, 5.74) is 0.724. The summed E-state index contributed by atoms with van der Waals surface area (Å²) in [7, 11) is 0. The molecule has 0 aliphatic carbocycles. The van der Waals surface area contributed by atoms with E-state index in [9.17, 15) is 14.7 Å². The van der Waals surface area contributed by atoms with Gasteiger partial charge in [-0.25, -0.2) is 0 Å². The molecule has 0 fully saturated rings. The van der Waals surface area contributed by atoms with Crippen molar-refractivity contribution >= 4 is 11.9 Å². The van der Waals surface area contributed by atoms with Crippen LogP contribution in [-0.2, 0) is 9.53 Å². The number of hydrogen-bond acceptors (Lipinski definition) is 4. The Morgan fingerprint density at radius 3 is 2.29 bits per heavy atom. The van der Waals surface area contributed by atoms with Crippen molar-refractivity contribution in [3.05, 3.63) is 35.4 Å². The Morgan fingerprint density at radius 2 is 1.81 bits per heavy atom. The summed E-state index contributed by atoms with van der Waals surface area (Å²) in [5.74, 6) is -0.594. The lowest BCUT2D eigenvalue weighted by Gasteiger charge is -2.19. The molecule has 2 N–H and O–H groups in total. The van der Waals surface area contributed by atoms with Gasteiger partial charge in [0.1, 0.15) is 5.60 Å². The molecule has 0 radical (unpaired) electrons. The van der Waals surface area contributed by atoms with Gasteiger partial charge in [0.25, 0.3) is 5.91 Å². The summed E-state index contributed by atoms with van der Waals surface area (Å²) in [6.07, 6.45) is -0.427. The van der Waals surface area contributed by atoms with Crippen molar-refractivity contribution in [1.82, 2.24) is 5.32 Å². The van der Waals surface area contributed by atoms with E-state index >= 15 is 0 Å². The van der Waals surface area contributed by atoms with E-state index in [0.717, 1.165) is 5.56 Å². The monoisotopic (exact) mass is 293 g/mol. The van der Waals surface area contributed by atoms with Crippen LogP contribution in [0, 0.1) is 0 Å². The van der Waals surface area contributed by atoms with Crippen LogP contribution in [0.3, 0.4) is 0 Å². The molecule has 0 saturated carbocycles. The standard InChI is InChI=1S/C16H23NO4/c1-11(18)12-5-7-13(8-6-12)15(20)17-10-9-14(19)21-16(2,3)4/h5-8,11,18H,9-10H2,1-4H3,(H,17,20). The number of ether oxygens (including phenoxy) is 1. The van der Waals surface area contributed by atoms with E-state index in [2.05, 4.69) is 5.32 Å². The smallest absolute Gasteiger partial charge is 0.308 e. The molecule has 0 aliphatic heterocycles. The van der Waals surface area contributed by atoms with Gasteiger partial charge in [-0.05, 0) is 45.4 Å². The van der Waals surface area contributed by atoms with Gasteiger partial charge in [0.05, 0.1) is 12.5 Å². The molecule has 0 saturated heterocycles. The number of amides is 1. The molecule has 1 unspecified atom stereocenters. The Kier molecular flexibility index (Phi) is 5.90. The Labute approximate surface area is 125 Å². The summed E-state index contributed by atoms with van der Waals surface area (Å²) in [6, 6.07) is 6.69. The molecule has 0 aliphatic rings. The lowest BCUT2D eigenvalue weighted by Crippen LogP contribution is -2.29. The molecule has 21 heavy (non-hydrogen) atoms. The number of aliphatic hydroxyl groups excluding tert-OH is 1. The van der Waals surface area contributed by atoms with Crippen LogP contribution in [0.15, 0.2) is 24.3 Å². The van der Waals surface area contributed by atoms with Gasteiger partial charge in [-0.2, -0.15) is 0 Å². The van der Waals surface area contributed by atoms with Crippen molar-refractivity contribution in [2.24, 2.45) is 0 Å². The number of aliphatic hydroxyl groups is 1. The Balaban J connectivity index is 2.42. The minimum atomic E-state index is -0.561. The first kappa shape index (κ1) is 17.2. The van der Waals surface area contributed by atoms with Crippen LogP contribution in [-0.4, -0.2) is 29.1 Å². The normalized spacial score (nSPS) is 12.6. The van der Waals surface area contributed by atoms with Crippen LogP contribution in [0.4, 0.5) is 0 Å². The van der Waals surface area contributed by atoms with Gasteiger partial charge in [-0.1, -0.05) is 12.1 Å². The largest absolute Gasteiger partial charge is 0.460 e. The predicted octanol–water partition coefficient (Wildman–Crippen LogP) is 2.20. The molecule has 5 heteroatoms. The topological polar surface area (TPSA) is 75.6 Å². The van der Waals surface area contributed by atoms with E-state index in [1.807, 2.05) is 0 Å². The number of rotatable bonds is 5. The van der Waals surface area contributed by atoms with Crippen molar-refractivity contribution in [3.8, 4) is 0 Å². The third-order valence-electron chi connectivity index (χ3n) is 2.69. The molecular formula is C16H23NO4. The molecule has 1 amide bonds. The third-order valence-corrected chi connectivity index (χ3v) is 2.69. The fourth-order valence-corrected chi connectivity index (χ4v) is 1.69. The first-order chi connectivity index (χ1) is 9.69. The Morgan fingerprint density at radius 1 is 1.24 bits per heavy atom. The van der Waals surface area contributed by atoms with E-state index < -0.39 is 11.7 Å². The van der Waals surface area contributed by atoms with E-state index in [-0.39, 0.29) is 24.8 Å². The molecule has 1 atom stereocenters. The van der Waals surface area contributed by atoms with Crippen molar-refractivity contribution in [1.29, 1.82) is 0 Å². The number of hydrogen-bond donors (Lipinski definition) is 2. The maximum absolute atomic E-state index is 11.9. The molecule has 1 aromatic carbocycles. The third kappa shape index (κ3) is 6.40. The van der Waals surface area contributed by atoms with E-state index in [1.54, 1.807) is 52.0 Å². The minimum Gasteiger partial charge on any atom is -0.460 e. The second-order valence-electron chi connectivity index (χ2n) is 5.89. The van der Waals surface area contributed by atoms with Crippen LogP contribution in [0.5, 0.6) is 0 Å². The highest BCUT2D eigenvalue weighted by molar-refractivity contribution is 5.94. The van der Waals surface area contributed by atoms with E-state index in [1.165, 1.54) is 0 Å². The minimum absolute atomic E-state index is 0.134. The second kappa shape index (κ2) is 7.22. The highest BCUT2D eigenvalue weighted by Crippen LogP contribution is 2.12. The number of benzene rings is 1. The van der Waals surface area contributed by atoms with Crippen LogP contribution in [0.2, 0.25) is 0 Å². The summed E-state index contributed by atoms with van der Waals surface area (Å²) < 4.78 is 5.15. The van der Waals surface area contributed by atoms with E-state index in [0.29, 0.717) is 5.56 Å². The molecule has 1 aromatic rings. The zero-order valence-electron chi connectivity index (χ0n) is 13.0. The molecular weight excluding hydrogens is 270 g/mol. The zero-order chi connectivity index (χ0) is 16.0.